The number of aromatic nitrogens is 1. The van der Waals surface area contributed by atoms with Crippen LogP contribution in [0.25, 0.3) is 10.2 Å². The van der Waals surface area contributed by atoms with E-state index in [4.69, 9.17) is 0 Å². The van der Waals surface area contributed by atoms with Crippen molar-refractivity contribution in [1.82, 2.24) is 4.98 Å². The predicted molar refractivity (Wildman–Crippen MR) is 76.0 cm³/mol. The molecule has 0 saturated carbocycles. The van der Waals surface area contributed by atoms with Gasteiger partial charge in [0.05, 0.1) is 21.6 Å². The lowest BCUT2D eigenvalue weighted by Gasteiger charge is -1.93. The van der Waals surface area contributed by atoms with Gasteiger partial charge in [-0.2, -0.15) is 0 Å². The lowest BCUT2D eigenvalue weighted by molar-refractivity contribution is 1.36. The summed E-state index contributed by atoms with van der Waals surface area (Å²) in [5.41, 5.74) is 4.55. The Balaban J connectivity index is 1.82. The normalized spacial score (nSPS) is 13.7. The topological polar surface area (TPSA) is 25.2 Å². The molecule has 3 aromatic rings. The monoisotopic (exact) mass is 250 g/mol. The molecule has 0 fully saturated rings. The molecular formula is C15H10N2S. The van der Waals surface area contributed by atoms with Gasteiger partial charge < -0.3 is 0 Å². The fourth-order valence-electron chi connectivity index (χ4n) is 2.25. The molecule has 0 amide bonds. The Morgan fingerprint density at radius 2 is 1.78 bits per heavy atom. The van der Waals surface area contributed by atoms with Crippen molar-refractivity contribution < 1.29 is 0 Å². The van der Waals surface area contributed by atoms with Gasteiger partial charge in [-0.25, -0.2) is 9.98 Å². The molecule has 1 aromatic heterocycles. The number of nitrogens with zero attached hydrogens (tertiary/aromatic N) is 2. The minimum Gasteiger partial charge on any atom is -0.250 e. The van der Waals surface area contributed by atoms with Crippen LogP contribution in [0.1, 0.15) is 10.6 Å². The maximum absolute atomic E-state index is 4.68. The van der Waals surface area contributed by atoms with Crippen LogP contribution < -0.4 is 0 Å². The Bertz CT molecular complexity index is 738. The molecule has 18 heavy (non-hydrogen) atoms. The van der Waals surface area contributed by atoms with Crippen LogP contribution in [0.5, 0.6) is 0 Å². The highest BCUT2D eigenvalue weighted by Gasteiger charge is 2.18. The standard InChI is InChI=1S/C15H10N2S/c1-2-6-11-10(5-1)9-13(16-11)15-17-12-7-3-4-8-14(12)18-15/h1-8H,9H2. The second kappa shape index (κ2) is 3.75. The molecule has 2 heterocycles. The molecule has 0 N–H and O–H groups in total. The van der Waals surface area contributed by atoms with Crippen molar-refractivity contribution in [2.75, 3.05) is 0 Å². The van der Waals surface area contributed by atoms with E-state index in [1.54, 1.807) is 11.3 Å². The van der Waals surface area contributed by atoms with Gasteiger partial charge in [-0.3, -0.25) is 0 Å². The van der Waals surface area contributed by atoms with Gasteiger partial charge in [-0.05, 0) is 23.8 Å². The summed E-state index contributed by atoms with van der Waals surface area (Å²) in [6, 6.07) is 16.5. The van der Waals surface area contributed by atoms with Gasteiger partial charge in [-0.15, -0.1) is 11.3 Å². The summed E-state index contributed by atoms with van der Waals surface area (Å²) >= 11 is 1.72. The van der Waals surface area contributed by atoms with Crippen molar-refractivity contribution in [3.8, 4) is 0 Å². The largest absolute Gasteiger partial charge is 0.250 e. The quantitative estimate of drug-likeness (QED) is 0.641. The summed E-state index contributed by atoms with van der Waals surface area (Å²) in [7, 11) is 0. The second-order valence-corrected chi connectivity index (χ2v) is 5.38. The number of benzene rings is 2. The van der Waals surface area contributed by atoms with Gasteiger partial charge in [0.1, 0.15) is 5.01 Å². The zero-order chi connectivity index (χ0) is 11.9. The smallest absolute Gasteiger partial charge is 0.139 e. The van der Waals surface area contributed by atoms with Crippen molar-refractivity contribution >= 4 is 33.0 Å². The number of hydrogen-bond acceptors (Lipinski definition) is 3. The summed E-state index contributed by atoms with van der Waals surface area (Å²) < 4.78 is 1.23. The molecule has 86 valence electrons. The van der Waals surface area contributed by atoms with E-state index >= 15 is 0 Å². The molecule has 1 aliphatic rings. The first kappa shape index (κ1) is 9.97. The Morgan fingerprint density at radius 1 is 0.944 bits per heavy atom. The number of rotatable bonds is 1. The van der Waals surface area contributed by atoms with Gasteiger partial charge in [0.15, 0.2) is 0 Å². The SMILES string of the molecule is c1ccc2c(c1)CC(c1nc3ccccc3s1)=N2. The lowest BCUT2D eigenvalue weighted by Crippen LogP contribution is -1.98. The fraction of sp³-hybridized carbons (Fsp3) is 0.0667. The van der Waals surface area contributed by atoms with Gasteiger partial charge >= 0.3 is 0 Å². The highest BCUT2D eigenvalue weighted by molar-refractivity contribution is 7.20. The van der Waals surface area contributed by atoms with Crippen molar-refractivity contribution in [3.63, 3.8) is 0 Å². The Morgan fingerprint density at radius 3 is 2.67 bits per heavy atom. The van der Waals surface area contributed by atoms with E-state index in [9.17, 15) is 0 Å². The van der Waals surface area contributed by atoms with Gasteiger partial charge in [0.2, 0.25) is 0 Å². The molecule has 0 unspecified atom stereocenters. The highest BCUT2D eigenvalue weighted by atomic mass is 32.1. The maximum atomic E-state index is 4.68. The predicted octanol–water partition coefficient (Wildman–Crippen LogP) is 3.97. The van der Waals surface area contributed by atoms with Crippen LogP contribution >= 0.6 is 11.3 Å². The van der Waals surface area contributed by atoms with Crippen molar-refractivity contribution in [2.24, 2.45) is 4.99 Å². The van der Waals surface area contributed by atoms with Crippen molar-refractivity contribution in [2.45, 2.75) is 6.42 Å². The third kappa shape index (κ3) is 1.48. The molecule has 0 atom stereocenters. The summed E-state index contributed by atoms with van der Waals surface area (Å²) in [5, 5.41) is 1.05. The zero-order valence-electron chi connectivity index (χ0n) is 9.63. The van der Waals surface area contributed by atoms with E-state index in [2.05, 4.69) is 46.4 Å². The molecular weight excluding hydrogens is 240 g/mol. The van der Waals surface area contributed by atoms with Crippen LogP contribution in [0.4, 0.5) is 5.69 Å². The van der Waals surface area contributed by atoms with Crippen molar-refractivity contribution in [1.29, 1.82) is 0 Å². The van der Waals surface area contributed by atoms with Crippen LogP contribution in [0, 0.1) is 0 Å². The van der Waals surface area contributed by atoms with Crippen LogP contribution in [0.2, 0.25) is 0 Å². The molecule has 0 bridgehead atoms. The number of para-hydroxylation sites is 2. The van der Waals surface area contributed by atoms with E-state index < -0.39 is 0 Å². The van der Waals surface area contributed by atoms with Gasteiger partial charge in [0.25, 0.3) is 0 Å². The summed E-state index contributed by atoms with van der Waals surface area (Å²) in [6.45, 7) is 0. The number of fused-ring (bicyclic) bond motifs is 2. The molecule has 1 aliphatic heterocycles. The Kier molecular flexibility index (Phi) is 2.08. The Hall–Kier alpha value is -2.00. The third-order valence-corrected chi connectivity index (χ3v) is 4.23. The average Bonchev–Trinajstić information content (AvgIpc) is 3.02. The second-order valence-electron chi connectivity index (χ2n) is 4.35. The van der Waals surface area contributed by atoms with Crippen LogP contribution in [-0.2, 0) is 6.42 Å². The molecule has 0 radical (unpaired) electrons. The number of thiazole rings is 1. The first-order chi connectivity index (χ1) is 8.90. The van der Waals surface area contributed by atoms with E-state index in [0.717, 1.165) is 28.3 Å². The Labute approximate surface area is 109 Å². The average molecular weight is 250 g/mol. The van der Waals surface area contributed by atoms with Gasteiger partial charge in [0, 0.05) is 6.42 Å². The van der Waals surface area contributed by atoms with E-state index in [1.165, 1.54) is 10.3 Å². The van der Waals surface area contributed by atoms with Crippen LogP contribution in [0.3, 0.4) is 0 Å². The van der Waals surface area contributed by atoms with Gasteiger partial charge in [-0.1, -0.05) is 30.3 Å². The van der Waals surface area contributed by atoms with Crippen LogP contribution in [-0.4, -0.2) is 10.7 Å². The minimum atomic E-state index is 0.899. The molecule has 0 spiro atoms. The van der Waals surface area contributed by atoms with E-state index in [0.29, 0.717) is 0 Å². The molecule has 3 heteroatoms. The molecule has 4 rings (SSSR count). The zero-order valence-corrected chi connectivity index (χ0v) is 10.4. The lowest BCUT2D eigenvalue weighted by atomic mass is 10.1. The third-order valence-electron chi connectivity index (χ3n) is 3.15. The summed E-state index contributed by atoms with van der Waals surface area (Å²) in [4.78, 5) is 9.35. The maximum Gasteiger partial charge on any atom is 0.139 e. The molecule has 2 aromatic carbocycles. The molecule has 0 aliphatic carbocycles. The summed E-state index contributed by atoms with van der Waals surface area (Å²) in [6.07, 6.45) is 0.899. The first-order valence-electron chi connectivity index (χ1n) is 5.91. The number of hydrogen-bond donors (Lipinski definition) is 0. The molecule has 2 nitrogen and oxygen atoms in total. The minimum absolute atomic E-state index is 0.899. The highest BCUT2D eigenvalue weighted by Crippen LogP contribution is 2.31. The van der Waals surface area contributed by atoms with E-state index in [1.807, 2.05) is 12.1 Å². The first-order valence-corrected chi connectivity index (χ1v) is 6.73. The number of aliphatic imine (C=N–C) groups is 1. The summed E-state index contributed by atoms with van der Waals surface area (Å²) in [5.74, 6) is 0. The van der Waals surface area contributed by atoms with Crippen LogP contribution in [0.15, 0.2) is 53.5 Å². The van der Waals surface area contributed by atoms with Crippen molar-refractivity contribution in [3.05, 3.63) is 59.1 Å². The van der Waals surface area contributed by atoms with E-state index in [-0.39, 0.29) is 0 Å². The molecule has 0 saturated heterocycles. The fourth-order valence-corrected chi connectivity index (χ4v) is 3.21.